The van der Waals surface area contributed by atoms with Crippen LogP contribution in [0.5, 0.6) is 5.75 Å². The summed E-state index contributed by atoms with van der Waals surface area (Å²) in [6, 6.07) is 12.0. The van der Waals surface area contributed by atoms with E-state index < -0.39 is 0 Å². The average molecular weight is 333 g/mol. The van der Waals surface area contributed by atoms with Crippen LogP contribution in [-0.4, -0.2) is 18.4 Å². The molecule has 0 spiro atoms. The van der Waals surface area contributed by atoms with E-state index in [0.717, 1.165) is 5.56 Å². The Hall–Kier alpha value is -2.53. The molecule has 2 aromatic rings. The molecule has 2 aromatic carbocycles. The second-order valence-electron chi connectivity index (χ2n) is 5.01. The number of amides is 2. The van der Waals surface area contributed by atoms with Crippen LogP contribution >= 0.6 is 11.6 Å². The number of carbonyl (C=O) groups is 2. The number of halogens is 1. The van der Waals surface area contributed by atoms with Gasteiger partial charge in [-0.25, -0.2) is 0 Å². The van der Waals surface area contributed by atoms with Crippen LogP contribution in [0.4, 0.5) is 11.4 Å². The minimum Gasteiger partial charge on any atom is -0.484 e. The van der Waals surface area contributed by atoms with Crippen molar-refractivity contribution in [3.05, 3.63) is 53.1 Å². The molecule has 0 radical (unpaired) electrons. The van der Waals surface area contributed by atoms with Gasteiger partial charge in [-0.3, -0.25) is 9.59 Å². The van der Waals surface area contributed by atoms with Crippen LogP contribution in [0.15, 0.2) is 42.5 Å². The fourth-order valence-corrected chi connectivity index (χ4v) is 2.01. The van der Waals surface area contributed by atoms with Gasteiger partial charge in [0.1, 0.15) is 5.75 Å². The summed E-state index contributed by atoms with van der Waals surface area (Å²) in [6.45, 7) is 3.20. The molecule has 23 heavy (non-hydrogen) atoms. The van der Waals surface area contributed by atoms with Crippen LogP contribution < -0.4 is 15.4 Å². The summed E-state index contributed by atoms with van der Waals surface area (Å²) in [4.78, 5) is 22.8. The van der Waals surface area contributed by atoms with Crippen molar-refractivity contribution in [3.8, 4) is 5.75 Å². The largest absolute Gasteiger partial charge is 0.484 e. The summed E-state index contributed by atoms with van der Waals surface area (Å²) in [7, 11) is 0. The number of nitrogens with one attached hydrogen (secondary N) is 2. The highest BCUT2D eigenvalue weighted by molar-refractivity contribution is 6.31. The van der Waals surface area contributed by atoms with Crippen molar-refractivity contribution in [2.24, 2.45) is 0 Å². The second-order valence-corrected chi connectivity index (χ2v) is 5.41. The zero-order chi connectivity index (χ0) is 16.8. The van der Waals surface area contributed by atoms with Gasteiger partial charge in [-0.05, 0) is 55.0 Å². The van der Waals surface area contributed by atoms with Crippen molar-refractivity contribution < 1.29 is 14.3 Å². The normalized spacial score (nSPS) is 10.0. The van der Waals surface area contributed by atoms with Crippen LogP contribution in [0, 0.1) is 6.92 Å². The van der Waals surface area contributed by atoms with Crippen LogP contribution in [0.25, 0.3) is 0 Å². The van der Waals surface area contributed by atoms with Crippen molar-refractivity contribution in [2.45, 2.75) is 13.8 Å². The quantitative estimate of drug-likeness (QED) is 0.878. The Balaban J connectivity index is 1.86. The van der Waals surface area contributed by atoms with E-state index in [2.05, 4.69) is 10.6 Å². The van der Waals surface area contributed by atoms with Crippen LogP contribution in [0.2, 0.25) is 5.02 Å². The molecule has 0 heterocycles. The molecule has 0 bridgehead atoms. The molecule has 5 nitrogen and oxygen atoms in total. The first kappa shape index (κ1) is 16.8. The fraction of sp³-hybridized carbons (Fsp3) is 0.176. The predicted octanol–water partition coefficient (Wildman–Crippen LogP) is 3.62. The van der Waals surface area contributed by atoms with E-state index in [-0.39, 0.29) is 18.4 Å². The van der Waals surface area contributed by atoms with Crippen LogP contribution in [0.3, 0.4) is 0 Å². The molecule has 6 heteroatoms. The Morgan fingerprint density at radius 3 is 2.22 bits per heavy atom. The smallest absolute Gasteiger partial charge is 0.262 e. The zero-order valence-electron chi connectivity index (χ0n) is 12.9. The summed E-state index contributed by atoms with van der Waals surface area (Å²) in [5.74, 6) is 0.168. The maximum absolute atomic E-state index is 11.9. The highest BCUT2D eigenvalue weighted by Gasteiger charge is 2.05. The van der Waals surface area contributed by atoms with Crippen molar-refractivity contribution in [3.63, 3.8) is 0 Å². The van der Waals surface area contributed by atoms with Crippen molar-refractivity contribution in [1.29, 1.82) is 0 Å². The monoisotopic (exact) mass is 332 g/mol. The molecular weight excluding hydrogens is 316 g/mol. The third-order valence-electron chi connectivity index (χ3n) is 2.99. The lowest BCUT2D eigenvalue weighted by molar-refractivity contribution is -0.118. The topological polar surface area (TPSA) is 67.4 Å². The molecular formula is C17H17ClN2O3. The van der Waals surface area contributed by atoms with Gasteiger partial charge in [0.15, 0.2) is 6.61 Å². The summed E-state index contributed by atoms with van der Waals surface area (Å²) in [5, 5.41) is 6.02. The number of aryl methyl sites for hydroxylation is 1. The SMILES string of the molecule is CC(=O)Nc1ccc(NC(=O)COc2ccc(Cl)c(C)c2)cc1. The Kier molecular flexibility index (Phi) is 5.60. The molecule has 2 amide bonds. The van der Waals surface area contributed by atoms with E-state index >= 15 is 0 Å². The lowest BCUT2D eigenvalue weighted by Gasteiger charge is -2.09. The summed E-state index contributed by atoms with van der Waals surface area (Å²) in [6.07, 6.45) is 0. The molecule has 2 N–H and O–H groups in total. The first-order valence-corrected chi connectivity index (χ1v) is 7.38. The molecule has 2 rings (SSSR count). The molecule has 0 aliphatic rings. The minimum absolute atomic E-state index is 0.103. The number of hydrogen-bond acceptors (Lipinski definition) is 3. The summed E-state index contributed by atoms with van der Waals surface area (Å²) >= 11 is 5.93. The number of ether oxygens (including phenoxy) is 1. The van der Waals surface area contributed by atoms with E-state index in [1.54, 1.807) is 42.5 Å². The lowest BCUT2D eigenvalue weighted by Crippen LogP contribution is -2.20. The predicted molar refractivity (Wildman–Crippen MR) is 91.1 cm³/mol. The third-order valence-corrected chi connectivity index (χ3v) is 3.41. The summed E-state index contributed by atoms with van der Waals surface area (Å²) in [5.41, 5.74) is 2.18. The fourth-order valence-electron chi connectivity index (χ4n) is 1.89. The lowest BCUT2D eigenvalue weighted by atomic mass is 10.2. The maximum Gasteiger partial charge on any atom is 0.262 e. The standard InChI is InChI=1S/C17H17ClN2O3/c1-11-9-15(7-8-16(11)18)23-10-17(22)20-14-5-3-13(4-6-14)19-12(2)21/h3-9H,10H2,1-2H3,(H,19,21)(H,20,22). The van der Waals surface area contributed by atoms with Gasteiger partial charge in [-0.2, -0.15) is 0 Å². The number of hydrogen-bond donors (Lipinski definition) is 2. The van der Waals surface area contributed by atoms with E-state index in [1.165, 1.54) is 6.92 Å². The number of anilines is 2. The second kappa shape index (κ2) is 7.65. The van der Waals surface area contributed by atoms with Crippen molar-refractivity contribution >= 4 is 34.8 Å². The van der Waals surface area contributed by atoms with Gasteiger partial charge in [0, 0.05) is 23.3 Å². The highest BCUT2D eigenvalue weighted by atomic mass is 35.5. The Labute approximate surface area is 139 Å². The Morgan fingerprint density at radius 2 is 1.65 bits per heavy atom. The maximum atomic E-state index is 11.9. The zero-order valence-corrected chi connectivity index (χ0v) is 13.6. The van der Waals surface area contributed by atoms with Gasteiger partial charge < -0.3 is 15.4 Å². The molecule has 0 atom stereocenters. The van der Waals surface area contributed by atoms with Gasteiger partial charge >= 0.3 is 0 Å². The van der Waals surface area contributed by atoms with E-state index in [9.17, 15) is 9.59 Å². The molecule has 0 fully saturated rings. The minimum atomic E-state index is -0.273. The van der Waals surface area contributed by atoms with Crippen molar-refractivity contribution in [1.82, 2.24) is 0 Å². The molecule has 0 aliphatic heterocycles. The van der Waals surface area contributed by atoms with Crippen molar-refractivity contribution in [2.75, 3.05) is 17.2 Å². The molecule has 120 valence electrons. The number of rotatable bonds is 5. The third kappa shape index (κ3) is 5.30. The van der Waals surface area contributed by atoms with Crippen LogP contribution in [-0.2, 0) is 9.59 Å². The Morgan fingerprint density at radius 1 is 1.04 bits per heavy atom. The molecule has 0 saturated carbocycles. The number of benzene rings is 2. The molecule has 0 aromatic heterocycles. The highest BCUT2D eigenvalue weighted by Crippen LogP contribution is 2.21. The van der Waals surface area contributed by atoms with Crippen LogP contribution in [0.1, 0.15) is 12.5 Å². The molecule has 0 unspecified atom stereocenters. The van der Waals surface area contributed by atoms with Gasteiger partial charge in [-0.1, -0.05) is 11.6 Å². The summed E-state index contributed by atoms with van der Waals surface area (Å²) < 4.78 is 5.42. The number of carbonyl (C=O) groups excluding carboxylic acids is 2. The Bertz CT molecular complexity index is 714. The van der Waals surface area contributed by atoms with E-state index in [1.807, 2.05) is 6.92 Å². The van der Waals surface area contributed by atoms with E-state index in [0.29, 0.717) is 22.1 Å². The average Bonchev–Trinajstić information content (AvgIpc) is 2.50. The van der Waals surface area contributed by atoms with Gasteiger partial charge in [0.25, 0.3) is 5.91 Å². The molecule has 0 saturated heterocycles. The van der Waals surface area contributed by atoms with Gasteiger partial charge in [-0.15, -0.1) is 0 Å². The van der Waals surface area contributed by atoms with E-state index in [4.69, 9.17) is 16.3 Å². The van der Waals surface area contributed by atoms with Gasteiger partial charge in [0.05, 0.1) is 0 Å². The first-order valence-electron chi connectivity index (χ1n) is 7.00. The van der Waals surface area contributed by atoms with Gasteiger partial charge in [0.2, 0.25) is 5.91 Å². The molecule has 0 aliphatic carbocycles. The first-order chi connectivity index (χ1) is 10.9.